The molecule has 4 aromatic rings. The minimum Gasteiger partial charge on any atom is -0.490 e. The second kappa shape index (κ2) is 8.15. The fraction of sp³-hybridized carbons (Fsp3) is 0.120. The summed E-state index contributed by atoms with van der Waals surface area (Å²) >= 11 is 0. The number of rotatable bonds is 5. The first kappa shape index (κ1) is 18.7. The van der Waals surface area contributed by atoms with Crippen molar-refractivity contribution in [2.45, 2.75) is 20.0 Å². The number of fused-ring (bicyclic) bond motifs is 1. The summed E-state index contributed by atoms with van der Waals surface area (Å²) in [4.78, 5) is 18.0. The molecule has 3 aromatic carbocycles. The molecular formula is C25H22N2O2. The van der Waals surface area contributed by atoms with E-state index in [1.54, 1.807) is 4.57 Å². The van der Waals surface area contributed by atoms with Crippen molar-refractivity contribution in [1.82, 2.24) is 9.55 Å². The van der Waals surface area contributed by atoms with Crippen LogP contribution in [-0.4, -0.2) is 15.7 Å². The van der Waals surface area contributed by atoms with Gasteiger partial charge in [-0.25, -0.2) is 4.98 Å². The fourth-order valence-electron chi connectivity index (χ4n) is 3.23. The number of hydrogen-bond acceptors (Lipinski definition) is 3. The smallest absolute Gasteiger partial charge is 0.266 e. The molecule has 0 radical (unpaired) electrons. The van der Waals surface area contributed by atoms with Crippen LogP contribution in [0.4, 0.5) is 0 Å². The maximum absolute atomic E-state index is 13.2. The van der Waals surface area contributed by atoms with Crippen LogP contribution in [0.25, 0.3) is 28.7 Å². The first-order valence-corrected chi connectivity index (χ1v) is 9.64. The summed E-state index contributed by atoms with van der Waals surface area (Å²) < 4.78 is 7.55. The minimum absolute atomic E-state index is 0.0749. The van der Waals surface area contributed by atoms with Crippen LogP contribution in [0, 0.1) is 0 Å². The van der Waals surface area contributed by atoms with Crippen molar-refractivity contribution in [2.24, 2.45) is 0 Å². The van der Waals surface area contributed by atoms with Crippen molar-refractivity contribution in [2.75, 3.05) is 0 Å². The standard InChI is InChI=1S/C25H22N2O2/c1-18(2)29-23-15-9-6-10-19(23)16-17-24-26-22-14-8-7-13-21(22)25(28)27(24)20-11-4-3-5-12-20/h3-18H,1-2H3/b17-16+. The molecule has 0 spiro atoms. The van der Waals surface area contributed by atoms with Crippen LogP contribution >= 0.6 is 0 Å². The summed E-state index contributed by atoms with van der Waals surface area (Å²) in [6, 6.07) is 24.8. The first-order valence-electron chi connectivity index (χ1n) is 9.64. The van der Waals surface area contributed by atoms with E-state index in [0.717, 1.165) is 17.0 Å². The molecule has 0 saturated heterocycles. The third-order valence-corrected chi connectivity index (χ3v) is 4.51. The van der Waals surface area contributed by atoms with Gasteiger partial charge in [0.2, 0.25) is 0 Å². The third-order valence-electron chi connectivity index (χ3n) is 4.51. The van der Waals surface area contributed by atoms with Crippen LogP contribution < -0.4 is 10.3 Å². The van der Waals surface area contributed by atoms with Crippen LogP contribution in [-0.2, 0) is 0 Å². The number of para-hydroxylation sites is 3. The number of ether oxygens (including phenoxy) is 1. The summed E-state index contributed by atoms with van der Waals surface area (Å²) in [6.07, 6.45) is 3.88. The summed E-state index contributed by atoms with van der Waals surface area (Å²) in [6.45, 7) is 4.00. The molecule has 0 bridgehead atoms. The quantitative estimate of drug-likeness (QED) is 0.468. The SMILES string of the molecule is CC(C)Oc1ccccc1/C=C/c1nc2ccccc2c(=O)n1-c1ccccc1. The van der Waals surface area contributed by atoms with Crippen molar-refractivity contribution in [1.29, 1.82) is 0 Å². The van der Waals surface area contributed by atoms with Crippen LogP contribution in [0.1, 0.15) is 25.2 Å². The fourth-order valence-corrected chi connectivity index (χ4v) is 3.23. The number of nitrogens with zero attached hydrogens (tertiary/aromatic N) is 2. The van der Waals surface area contributed by atoms with E-state index >= 15 is 0 Å². The lowest BCUT2D eigenvalue weighted by Crippen LogP contribution is -2.22. The Labute approximate surface area is 169 Å². The molecule has 0 aliphatic rings. The van der Waals surface area contributed by atoms with Gasteiger partial charge in [0.05, 0.1) is 22.7 Å². The number of aromatic nitrogens is 2. The maximum Gasteiger partial charge on any atom is 0.266 e. The van der Waals surface area contributed by atoms with E-state index in [4.69, 9.17) is 9.72 Å². The van der Waals surface area contributed by atoms with Crippen molar-refractivity contribution in [3.8, 4) is 11.4 Å². The van der Waals surface area contributed by atoms with E-state index in [2.05, 4.69) is 0 Å². The Hall–Kier alpha value is -3.66. The lowest BCUT2D eigenvalue weighted by atomic mass is 10.1. The molecule has 1 heterocycles. The molecule has 0 aliphatic heterocycles. The van der Waals surface area contributed by atoms with E-state index in [9.17, 15) is 4.79 Å². The monoisotopic (exact) mass is 382 g/mol. The molecule has 0 amide bonds. The highest BCUT2D eigenvalue weighted by Crippen LogP contribution is 2.22. The van der Waals surface area contributed by atoms with E-state index in [-0.39, 0.29) is 11.7 Å². The Balaban J connectivity index is 1.88. The van der Waals surface area contributed by atoms with Gasteiger partial charge in [-0.05, 0) is 56.3 Å². The molecule has 4 rings (SSSR count). The lowest BCUT2D eigenvalue weighted by molar-refractivity contribution is 0.242. The molecule has 0 aliphatic carbocycles. The zero-order chi connectivity index (χ0) is 20.2. The Morgan fingerprint density at radius 1 is 0.862 bits per heavy atom. The molecular weight excluding hydrogens is 360 g/mol. The molecule has 29 heavy (non-hydrogen) atoms. The van der Waals surface area contributed by atoms with Gasteiger partial charge in [-0.2, -0.15) is 0 Å². The van der Waals surface area contributed by atoms with Gasteiger partial charge in [0, 0.05) is 5.56 Å². The Kier molecular flexibility index (Phi) is 5.25. The third kappa shape index (κ3) is 3.97. The van der Waals surface area contributed by atoms with E-state index in [1.165, 1.54) is 0 Å². The van der Waals surface area contributed by atoms with Crippen LogP contribution in [0.15, 0.2) is 83.7 Å². The van der Waals surface area contributed by atoms with Gasteiger partial charge in [0.25, 0.3) is 5.56 Å². The van der Waals surface area contributed by atoms with Crippen molar-refractivity contribution in [3.63, 3.8) is 0 Å². The van der Waals surface area contributed by atoms with Crippen molar-refractivity contribution < 1.29 is 4.74 Å². The molecule has 0 atom stereocenters. The molecule has 4 nitrogen and oxygen atoms in total. The molecule has 0 unspecified atom stereocenters. The molecule has 0 saturated carbocycles. The maximum atomic E-state index is 13.2. The van der Waals surface area contributed by atoms with E-state index in [1.807, 2.05) is 105 Å². The van der Waals surface area contributed by atoms with E-state index < -0.39 is 0 Å². The summed E-state index contributed by atoms with van der Waals surface area (Å²) in [5.41, 5.74) is 2.30. The van der Waals surface area contributed by atoms with Crippen molar-refractivity contribution in [3.05, 3.63) is 101 Å². The average molecular weight is 382 g/mol. The normalized spacial score (nSPS) is 11.4. The molecule has 1 aromatic heterocycles. The zero-order valence-electron chi connectivity index (χ0n) is 16.4. The predicted octanol–water partition coefficient (Wildman–Crippen LogP) is 5.34. The summed E-state index contributed by atoms with van der Waals surface area (Å²) in [5, 5.41) is 0.594. The Morgan fingerprint density at radius 2 is 1.55 bits per heavy atom. The first-order chi connectivity index (χ1) is 14.1. The van der Waals surface area contributed by atoms with E-state index in [0.29, 0.717) is 16.7 Å². The van der Waals surface area contributed by atoms with Gasteiger partial charge in [-0.1, -0.05) is 48.5 Å². The Morgan fingerprint density at radius 3 is 2.34 bits per heavy atom. The molecule has 0 N–H and O–H groups in total. The Bertz CT molecular complexity index is 1220. The van der Waals surface area contributed by atoms with Gasteiger partial charge in [-0.15, -0.1) is 0 Å². The van der Waals surface area contributed by atoms with Crippen LogP contribution in [0.2, 0.25) is 0 Å². The highest BCUT2D eigenvalue weighted by Gasteiger charge is 2.11. The minimum atomic E-state index is -0.0897. The lowest BCUT2D eigenvalue weighted by Gasteiger charge is -2.13. The summed E-state index contributed by atoms with van der Waals surface area (Å²) in [7, 11) is 0. The summed E-state index contributed by atoms with van der Waals surface area (Å²) in [5.74, 6) is 1.37. The largest absolute Gasteiger partial charge is 0.490 e. The average Bonchev–Trinajstić information content (AvgIpc) is 2.73. The van der Waals surface area contributed by atoms with Gasteiger partial charge < -0.3 is 4.74 Å². The van der Waals surface area contributed by atoms with Crippen LogP contribution in [0.3, 0.4) is 0 Å². The predicted molar refractivity (Wildman–Crippen MR) is 118 cm³/mol. The number of hydrogen-bond donors (Lipinski definition) is 0. The van der Waals surface area contributed by atoms with Crippen LogP contribution in [0.5, 0.6) is 5.75 Å². The highest BCUT2D eigenvalue weighted by atomic mass is 16.5. The topological polar surface area (TPSA) is 44.1 Å². The second-order valence-corrected chi connectivity index (χ2v) is 7.00. The zero-order valence-corrected chi connectivity index (χ0v) is 16.4. The molecule has 144 valence electrons. The van der Waals surface area contributed by atoms with Crippen molar-refractivity contribution >= 4 is 23.1 Å². The van der Waals surface area contributed by atoms with Gasteiger partial charge >= 0.3 is 0 Å². The molecule has 0 fully saturated rings. The molecule has 4 heteroatoms. The van der Waals surface area contributed by atoms with Gasteiger partial charge in [0.1, 0.15) is 11.6 Å². The highest BCUT2D eigenvalue weighted by molar-refractivity contribution is 5.80. The number of benzene rings is 3. The second-order valence-electron chi connectivity index (χ2n) is 7.00. The van der Waals surface area contributed by atoms with Gasteiger partial charge in [0.15, 0.2) is 0 Å². The van der Waals surface area contributed by atoms with Gasteiger partial charge in [-0.3, -0.25) is 9.36 Å².